The van der Waals surface area contributed by atoms with Gasteiger partial charge in [-0.05, 0) is 43.0 Å². The summed E-state index contributed by atoms with van der Waals surface area (Å²) in [6.45, 7) is 2.16. The van der Waals surface area contributed by atoms with Crippen molar-refractivity contribution in [3.63, 3.8) is 0 Å². The zero-order valence-corrected chi connectivity index (χ0v) is 17.6. The van der Waals surface area contributed by atoms with Crippen molar-refractivity contribution in [2.75, 3.05) is 0 Å². The fraction of sp³-hybridized carbons (Fsp3) is 0.263. The molecule has 2 aromatic rings. The van der Waals surface area contributed by atoms with Crippen LogP contribution in [0.15, 0.2) is 58.5 Å². The molecule has 3 rings (SSSR count). The van der Waals surface area contributed by atoms with Crippen LogP contribution in [0.1, 0.15) is 24.5 Å². The Morgan fingerprint density at radius 2 is 1.75 bits per heavy atom. The Morgan fingerprint density at radius 3 is 2.43 bits per heavy atom. The molecule has 1 aliphatic heterocycles. The molecule has 0 fully saturated rings. The number of guanidine groups is 2. The molecular formula is C19H22Cl3N5O. The molecule has 0 saturated heterocycles. The Kier molecular flexibility index (Phi) is 7.55. The summed E-state index contributed by atoms with van der Waals surface area (Å²) in [4.78, 5) is 14.5. The summed E-state index contributed by atoms with van der Waals surface area (Å²) in [6, 6.07) is 15.4. The summed E-state index contributed by atoms with van der Waals surface area (Å²) in [6.07, 6.45) is 1.43. The lowest BCUT2D eigenvalue weighted by Crippen LogP contribution is -2.55. The lowest BCUT2D eigenvalue weighted by molar-refractivity contribution is -0.174. The predicted molar refractivity (Wildman–Crippen MR) is 117 cm³/mol. The van der Waals surface area contributed by atoms with Gasteiger partial charge in [0.1, 0.15) is 6.61 Å². The van der Waals surface area contributed by atoms with Crippen molar-refractivity contribution in [3.05, 3.63) is 69.7 Å². The number of nitrogens with zero attached hydrogens (tertiary/aromatic N) is 3. The van der Waals surface area contributed by atoms with Crippen molar-refractivity contribution in [1.29, 1.82) is 0 Å². The summed E-state index contributed by atoms with van der Waals surface area (Å²) in [7, 11) is 0. The van der Waals surface area contributed by atoms with Crippen molar-refractivity contribution in [3.8, 4) is 0 Å². The molecule has 150 valence electrons. The number of aliphatic imine (C=N–C) groups is 2. The van der Waals surface area contributed by atoms with E-state index >= 15 is 0 Å². The lowest BCUT2D eigenvalue weighted by Gasteiger charge is -2.39. The second-order valence-corrected chi connectivity index (χ2v) is 7.27. The molecule has 0 bridgehead atoms. The van der Waals surface area contributed by atoms with E-state index in [1.165, 1.54) is 10.6 Å². The SMILES string of the molecule is CC1(CCc2ccccc2)N=C(N)N=C(N)N1OCc1ccc(Cl)c(Cl)c1.Cl. The average Bonchev–Trinajstić information content (AvgIpc) is 2.63. The van der Waals surface area contributed by atoms with Crippen LogP contribution in [0.5, 0.6) is 0 Å². The first-order chi connectivity index (χ1) is 12.9. The quantitative estimate of drug-likeness (QED) is 0.703. The monoisotopic (exact) mass is 441 g/mol. The molecule has 28 heavy (non-hydrogen) atoms. The smallest absolute Gasteiger partial charge is 0.226 e. The summed E-state index contributed by atoms with van der Waals surface area (Å²) in [5.41, 5.74) is 13.2. The van der Waals surface area contributed by atoms with Gasteiger partial charge >= 0.3 is 0 Å². The minimum atomic E-state index is -0.776. The Labute approximate surface area is 180 Å². The van der Waals surface area contributed by atoms with Gasteiger partial charge in [0.05, 0.1) is 10.0 Å². The fourth-order valence-corrected chi connectivity index (χ4v) is 3.20. The van der Waals surface area contributed by atoms with Crippen LogP contribution in [-0.2, 0) is 17.9 Å². The molecule has 0 aliphatic carbocycles. The molecule has 1 unspecified atom stereocenters. The first-order valence-electron chi connectivity index (χ1n) is 8.48. The van der Waals surface area contributed by atoms with Crippen LogP contribution in [0.3, 0.4) is 0 Å². The lowest BCUT2D eigenvalue weighted by atomic mass is 10.0. The van der Waals surface area contributed by atoms with Crippen LogP contribution >= 0.6 is 35.6 Å². The Hall–Kier alpha value is -1.99. The molecule has 6 nitrogen and oxygen atoms in total. The summed E-state index contributed by atoms with van der Waals surface area (Å²) in [5.74, 6) is 0.301. The number of hydroxylamine groups is 2. The Bertz CT molecular complexity index is 875. The maximum Gasteiger partial charge on any atom is 0.226 e. The first-order valence-corrected chi connectivity index (χ1v) is 9.23. The zero-order chi connectivity index (χ0) is 19.4. The van der Waals surface area contributed by atoms with Gasteiger partial charge < -0.3 is 11.5 Å². The van der Waals surface area contributed by atoms with E-state index in [2.05, 4.69) is 22.1 Å². The highest BCUT2D eigenvalue weighted by atomic mass is 35.5. The normalized spacial score (nSPS) is 18.9. The number of aryl methyl sites for hydroxylation is 1. The highest BCUT2D eigenvalue weighted by molar-refractivity contribution is 6.42. The van der Waals surface area contributed by atoms with Crippen LogP contribution in [0.2, 0.25) is 10.0 Å². The summed E-state index contributed by atoms with van der Waals surface area (Å²) in [5, 5.41) is 2.46. The van der Waals surface area contributed by atoms with Crippen molar-refractivity contribution in [2.45, 2.75) is 32.0 Å². The van der Waals surface area contributed by atoms with E-state index < -0.39 is 5.66 Å². The largest absolute Gasteiger partial charge is 0.368 e. The van der Waals surface area contributed by atoms with Gasteiger partial charge in [0.2, 0.25) is 11.9 Å². The molecule has 0 spiro atoms. The van der Waals surface area contributed by atoms with Crippen LogP contribution in [0.4, 0.5) is 0 Å². The average molecular weight is 443 g/mol. The predicted octanol–water partition coefficient (Wildman–Crippen LogP) is 4.14. The standard InChI is InChI=1S/C19H21Cl2N5O.ClH/c1-19(10-9-13-5-3-2-4-6-13)25-17(22)24-18(23)26(19)27-12-14-7-8-15(20)16(21)11-14;/h2-8,11H,9-10,12H2,1H3,(H4,22,23,24,25);1H. The number of halogens is 3. The minimum Gasteiger partial charge on any atom is -0.368 e. The van der Waals surface area contributed by atoms with E-state index in [0.29, 0.717) is 16.5 Å². The number of hydrogen-bond acceptors (Lipinski definition) is 6. The molecular weight excluding hydrogens is 421 g/mol. The molecule has 0 radical (unpaired) electrons. The third-order valence-corrected chi connectivity index (χ3v) is 5.04. The number of benzene rings is 2. The van der Waals surface area contributed by atoms with Crippen molar-refractivity contribution < 1.29 is 4.84 Å². The number of hydrogen-bond donors (Lipinski definition) is 2. The molecule has 9 heteroatoms. The topological polar surface area (TPSA) is 89.2 Å². The third kappa shape index (κ3) is 5.29. The van der Waals surface area contributed by atoms with Gasteiger partial charge in [-0.1, -0.05) is 59.6 Å². The number of nitrogens with two attached hydrogens (primary N) is 2. The first kappa shape index (κ1) is 22.3. The Morgan fingerprint density at radius 1 is 1.04 bits per heavy atom. The maximum absolute atomic E-state index is 6.08. The number of rotatable bonds is 6. The maximum atomic E-state index is 6.08. The molecule has 1 heterocycles. The van der Waals surface area contributed by atoms with Gasteiger partial charge in [0, 0.05) is 0 Å². The van der Waals surface area contributed by atoms with E-state index in [-0.39, 0.29) is 30.9 Å². The van der Waals surface area contributed by atoms with Gasteiger partial charge in [-0.15, -0.1) is 12.4 Å². The molecule has 2 aromatic carbocycles. The highest BCUT2D eigenvalue weighted by Gasteiger charge is 2.37. The van der Waals surface area contributed by atoms with E-state index in [0.717, 1.165) is 12.0 Å². The molecule has 0 aromatic heterocycles. The van der Waals surface area contributed by atoms with Gasteiger partial charge in [0.25, 0.3) is 0 Å². The molecule has 0 amide bonds. The second-order valence-electron chi connectivity index (χ2n) is 6.46. The van der Waals surface area contributed by atoms with Crippen molar-refractivity contribution in [1.82, 2.24) is 5.06 Å². The van der Waals surface area contributed by atoms with Crippen molar-refractivity contribution >= 4 is 47.5 Å². The van der Waals surface area contributed by atoms with Crippen LogP contribution in [0, 0.1) is 0 Å². The van der Waals surface area contributed by atoms with E-state index in [4.69, 9.17) is 39.5 Å². The fourth-order valence-electron chi connectivity index (χ4n) is 2.88. The third-order valence-electron chi connectivity index (χ3n) is 4.30. The molecule has 1 atom stereocenters. The van der Waals surface area contributed by atoms with Gasteiger partial charge in [-0.2, -0.15) is 10.1 Å². The molecule has 1 aliphatic rings. The van der Waals surface area contributed by atoms with E-state index in [9.17, 15) is 0 Å². The van der Waals surface area contributed by atoms with Crippen LogP contribution < -0.4 is 11.5 Å². The van der Waals surface area contributed by atoms with E-state index in [1.807, 2.05) is 31.2 Å². The van der Waals surface area contributed by atoms with Gasteiger partial charge in [-0.25, -0.2) is 4.99 Å². The summed E-state index contributed by atoms with van der Waals surface area (Å²) < 4.78 is 0. The summed E-state index contributed by atoms with van der Waals surface area (Å²) >= 11 is 12.0. The zero-order valence-electron chi connectivity index (χ0n) is 15.3. The highest BCUT2D eigenvalue weighted by Crippen LogP contribution is 2.28. The molecule has 4 N–H and O–H groups in total. The van der Waals surface area contributed by atoms with Crippen LogP contribution in [-0.4, -0.2) is 22.6 Å². The van der Waals surface area contributed by atoms with Gasteiger partial charge in [0.15, 0.2) is 5.66 Å². The van der Waals surface area contributed by atoms with Gasteiger partial charge in [-0.3, -0.25) is 4.84 Å². The van der Waals surface area contributed by atoms with E-state index in [1.54, 1.807) is 12.1 Å². The molecule has 0 saturated carbocycles. The Balaban J connectivity index is 0.00000280. The van der Waals surface area contributed by atoms with Crippen molar-refractivity contribution in [2.24, 2.45) is 21.5 Å². The second kappa shape index (κ2) is 9.47. The minimum absolute atomic E-state index is 0. The van der Waals surface area contributed by atoms with Crippen LogP contribution in [0.25, 0.3) is 0 Å².